The molecule has 144 valence electrons. The van der Waals surface area contributed by atoms with Gasteiger partial charge in [0.15, 0.2) is 6.29 Å². The van der Waals surface area contributed by atoms with Gasteiger partial charge in [-0.15, -0.1) is 0 Å². The van der Waals surface area contributed by atoms with Gasteiger partial charge in [0.25, 0.3) is 0 Å². The smallest absolute Gasteiger partial charge is 0.157 e. The molecule has 1 aliphatic heterocycles. The second-order valence-corrected chi connectivity index (χ2v) is 8.00. The molecule has 1 saturated heterocycles. The van der Waals surface area contributed by atoms with E-state index in [9.17, 15) is 0 Å². The molecule has 0 aromatic heterocycles. The van der Waals surface area contributed by atoms with Crippen molar-refractivity contribution in [1.82, 2.24) is 0 Å². The fourth-order valence-corrected chi connectivity index (χ4v) is 4.09. The minimum absolute atomic E-state index is 0.0283. The van der Waals surface area contributed by atoms with Crippen LogP contribution in [0.3, 0.4) is 0 Å². The predicted molar refractivity (Wildman–Crippen MR) is 111 cm³/mol. The SMILES string of the molecule is C=C(CC[C@H]1O[C@H](OC)CC[C@@H]1OCc1ccccc1)Sc1ccccc1. The summed E-state index contributed by atoms with van der Waals surface area (Å²) in [7, 11) is 1.71. The molecule has 1 fully saturated rings. The monoisotopic (exact) mass is 384 g/mol. The zero-order valence-electron chi connectivity index (χ0n) is 15.9. The van der Waals surface area contributed by atoms with E-state index in [2.05, 4.69) is 43.0 Å². The molecule has 0 amide bonds. The summed E-state index contributed by atoms with van der Waals surface area (Å²) in [4.78, 5) is 2.37. The van der Waals surface area contributed by atoms with Gasteiger partial charge in [0.05, 0.1) is 18.8 Å². The Hall–Kier alpha value is -1.59. The second-order valence-electron chi connectivity index (χ2n) is 6.74. The van der Waals surface area contributed by atoms with Crippen molar-refractivity contribution in [3.63, 3.8) is 0 Å². The first kappa shape index (κ1) is 20.2. The number of rotatable bonds is 9. The molecule has 3 rings (SSSR count). The number of allylic oxidation sites excluding steroid dienone is 1. The summed E-state index contributed by atoms with van der Waals surface area (Å²) in [5, 5.41) is 0. The lowest BCUT2D eigenvalue weighted by atomic mass is 10.00. The number of methoxy groups -OCH3 is 1. The van der Waals surface area contributed by atoms with Gasteiger partial charge in [-0.3, -0.25) is 0 Å². The molecule has 3 atom stereocenters. The summed E-state index contributed by atoms with van der Waals surface area (Å²) < 4.78 is 17.8. The van der Waals surface area contributed by atoms with Crippen LogP contribution in [0.25, 0.3) is 0 Å². The first-order valence-corrected chi connectivity index (χ1v) is 10.3. The fraction of sp³-hybridized carbons (Fsp3) is 0.391. The van der Waals surface area contributed by atoms with Crippen LogP contribution in [0.1, 0.15) is 31.2 Å². The number of ether oxygens (including phenoxy) is 3. The maximum atomic E-state index is 6.21. The van der Waals surface area contributed by atoms with E-state index in [0.29, 0.717) is 6.61 Å². The quantitative estimate of drug-likeness (QED) is 0.510. The van der Waals surface area contributed by atoms with E-state index < -0.39 is 0 Å². The van der Waals surface area contributed by atoms with Crippen molar-refractivity contribution >= 4 is 11.8 Å². The molecule has 0 N–H and O–H groups in total. The van der Waals surface area contributed by atoms with Gasteiger partial charge in [-0.25, -0.2) is 0 Å². The van der Waals surface area contributed by atoms with Crippen molar-refractivity contribution in [1.29, 1.82) is 0 Å². The molecule has 3 nitrogen and oxygen atoms in total. The van der Waals surface area contributed by atoms with Crippen molar-refractivity contribution in [2.45, 2.75) is 55.7 Å². The third kappa shape index (κ3) is 6.51. The van der Waals surface area contributed by atoms with Crippen LogP contribution in [0.4, 0.5) is 0 Å². The summed E-state index contributed by atoms with van der Waals surface area (Å²) in [5.74, 6) is 0. The van der Waals surface area contributed by atoms with Gasteiger partial charge in [0, 0.05) is 18.4 Å². The highest BCUT2D eigenvalue weighted by molar-refractivity contribution is 8.03. The zero-order valence-corrected chi connectivity index (χ0v) is 16.7. The Labute approximate surface area is 166 Å². The van der Waals surface area contributed by atoms with E-state index >= 15 is 0 Å². The molecule has 4 heteroatoms. The normalized spacial score (nSPS) is 22.5. The van der Waals surface area contributed by atoms with Crippen LogP contribution in [0.5, 0.6) is 0 Å². The molecular formula is C23H28O3S. The lowest BCUT2D eigenvalue weighted by Gasteiger charge is -2.36. The molecule has 2 aromatic rings. The summed E-state index contributed by atoms with van der Waals surface area (Å²) in [5.41, 5.74) is 1.19. The highest BCUT2D eigenvalue weighted by Gasteiger charge is 2.31. The van der Waals surface area contributed by atoms with E-state index in [4.69, 9.17) is 14.2 Å². The van der Waals surface area contributed by atoms with E-state index in [-0.39, 0.29) is 18.5 Å². The topological polar surface area (TPSA) is 27.7 Å². The van der Waals surface area contributed by atoms with Crippen molar-refractivity contribution in [3.05, 3.63) is 77.7 Å². The molecule has 0 bridgehead atoms. The summed E-state index contributed by atoms with van der Waals surface area (Å²) in [6.45, 7) is 4.84. The van der Waals surface area contributed by atoms with Gasteiger partial charge < -0.3 is 14.2 Å². The van der Waals surface area contributed by atoms with Crippen molar-refractivity contribution in [3.8, 4) is 0 Å². The highest BCUT2D eigenvalue weighted by Crippen LogP contribution is 2.32. The predicted octanol–water partition coefficient (Wildman–Crippen LogP) is 5.81. The number of hydrogen-bond acceptors (Lipinski definition) is 4. The van der Waals surface area contributed by atoms with Crippen molar-refractivity contribution in [2.24, 2.45) is 0 Å². The van der Waals surface area contributed by atoms with Crippen LogP contribution in [0.15, 0.2) is 77.0 Å². The van der Waals surface area contributed by atoms with Crippen molar-refractivity contribution in [2.75, 3.05) is 7.11 Å². The highest BCUT2D eigenvalue weighted by atomic mass is 32.2. The third-order valence-corrected chi connectivity index (χ3v) is 5.71. The van der Waals surface area contributed by atoms with Crippen LogP contribution >= 0.6 is 11.8 Å². The Bertz CT molecular complexity index is 689. The number of hydrogen-bond donors (Lipinski definition) is 0. The standard InChI is InChI=1S/C23H28O3S/c1-18(27-20-11-7-4-8-12-20)13-14-22-21(15-16-23(24-2)26-22)25-17-19-9-5-3-6-10-19/h3-12,21-23H,1,13-17H2,2H3/t21-,22+,23-/m0/s1. The molecule has 1 heterocycles. The summed E-state index contributed by atoms with van der Waals surface area (Å²) in [6.07, 6.45) is 3.58. The van der Waals surface area contributed by atoms with E-state index in [1.54, 1.807) is 18.9 Å². The first-order chi connectivity index (χ1) is 13.2. The van der Waals surface area contributed by atoms with Crippen LogP contribution in [-0.2, 0) is 20.8 Å². The van der Waals surface area contributed by atoms with E-state index in [0.717, 1.165) is 30.6 Å². The van der Waals surface area contributed by atoms with Crippen LogP contribution in [-0.4, -0.2) is 25.6 Å². The van der Waals surface area contributed by atoms with E-state index in [1.807, 2.05) is 24.3 Å². The minimum Gasteiger partial charge on any atom is -0.371 e. The molecule has 1 aliphatic rings. The average Bonchev–Trinajstić information content (AvgIpc) is 2.72. The van der Waals surface area contributed by atoms with Crippen molar-refractivity contribution < 1.29 is 14.2 Å². The maximum Gasteiger partial charge on any atom is 0.157 e. The molecule has 0 unspecified atom stereocenters. The van der Waals surface area contributed by atoms with Gasteiger partial charge in [-0.2, -0.15) is 0 Å². The van der Waals surface area contributed by atoms with E-state index in [1.165, 1.54) is 10.5 Å². The molecule has 0 spiro atoms. The number of benzene rings is 2. The van der Waals surface area contributed by atoms with Gasteiger partial charge in [-0.1, -0.05) is 66.9 Å². The lowest BCUT2D eigenvalue weighted by molar-refractivity contribution is -0.223. The van der Waals surface area contributed by atoms with Crippen LogP contribution in [0.2, 0.25) is 0 Å². The third-order valence-electron chi connectivity index (χ3n) is 4.71. The maximum absolute atomic E-state index is 6.21. The number of thioether (sulfide) groups is 1. The zero-order chi connectivity index (χ0) is 18.9. The Morgan fingerprint density at radius 2 is 1.78 bits per heavy atom. The van der Waals surface area contributed by atoms with Gasteiger partial charge in [0.1, 0.15) is 0 Å². The average molecular weight is 385 g/mol. The van der Waals surface area contributed by atoms with Crippen LogP contribution in [0, 0.1) is 0 Å². The Kier molecular flexibility index (Phi) is 7.96. The summed E-state index contributed by atoms with van der Waals surface area (Å²) >= 11 is 1.73. The molecular weight excluding hydrogens is 356 g/mol. The molecule has 0 saturated carbocycles. The minimum atomic E-state index is -0.137. The van der Waals surface area contributed by atoms with Gasteiger partial charge in [-0.05, 0) is 41.9 Å². The Morgan fingerprint density at radius 3 is 2.48 bits per heavy atom. The fourth-order valence-electron chi connectivity index (χ4n) is 3.24. The second kappa shape index (κ2) is 10.7. The molecule has 0 radical (unpaired) electrons. The molecule has 2 aromatic carbocycles. The summed E-state index contributed by atoms with van der Waals surface area (Å²) in [6, 6.07) is 20.6. The Balaban J connectivity index is 1.52. The first-order valence-electron chi connectivity index (χ1n) is 9.49. The van der Waals surface area contributed by atoms with Gasteiger partial charge >= 0.3 is 0 Å². The lowest BCUT2D eigenvalue weighted by Crippen LogP contribution is -2.41. The van der Waals surface area contributed by atoms with Crippen LogP contribution < -0.4 is 0 Å². The largest absolute Gasteiger partial charge is 0.371 e. The molecule has 0 aliphatic carbocycles. The van der Waals surface area contributed by atoms with Gasteiger partial charge in [0.2, 0.25) is 0 Å². The Morgan fingerprint density at radius 1 is 1.07 bits per heavy atom. The molecule has 27 heavy (non-hydrogen) atoms.